The Morgan fingerprint density at radius 1 is 0.926 bits per heavy atom. The Morgan fingerprint density at radius 3 is 2.37 bits per heavy atom. The van der Waals surface area contributed by atoms with Crippen molar-refractivity contribution in [1.29, 1.82) is 0 Å². The molecular weight excluding hydrogens is 352 g/mol. The van der Waals surface area contributed by atoms with Crippen molar-refractivity contribution in [3.05, 3.63) is 36.4 Å². The van der Waals surface area contributed by atoms with Gasteiger partial charge in [-0.3, -0.25) is 4.68 Å². The molecule has 8 heteroatoms. The first-order valence-corrected chi connectivity index (χ1v) is 8.34. The molecule has 0 aliphatic rings. The van der Waals surface area contributed by atoms with E-state index < -0.39 is 5.75 Å². The number of aromatic hydroxyl groups is 4. The highest BCUT2D eigenvalue weighted by atomic mass is 16.5. The highest BCUT2D eigenvalue weighted by Gasteiger charge is 2.17. The van der Waals surface area contributed by atoms with Crippen LogP contribution in [0, 0.1) is 0 Å². The molecule has 3 rings (SSSR count). The van der Waals surface area contributed by atoms with Gasteiger partial charge in [0.25, 0.3) is 0 Å². The molecule has 0 atom stereocenters. The van der Waals surface area contributed by atoms with Crippen molar-refractivity contribution < 1.29 is 30.3 Å². The van der Waals surface area contributed by atoms with Crippen molar-refractivity contribution in [1.82, 2.24) is 9.78 Å². The minimum Gasteiger partial charge on any atom is -0.507 e. The third-order valence-corrected chi connectivity index (χ3v) is 4.02. The molecule has 0 radical (unpaired) electrons. The molecule has 0 spiro atoms. The van der Waals surface area contributed by atoms with Gasteiger partial charge < -0.3 is 30.3 Å². The van der Waals surface area contributed by atoms with Gasteiger partial charge in [0.05, 0.1) is 31.1 Å². The number of phenolic OH excluding ortho intramolecular Hbond substituents is 4. The number of hydrogen-bond donors (Lipinski definition) is 5. The molecule has 0 amide bonds. The zero-order chi connectivity index (χ0) is 19.6. The largest absolute Gasteiger partial charge is 0.507 e. The van der Waals surface area contributed by atoms with Gasteiger partial charge in [0.15, 0.2) is 23.0 Å². The maximum absolute atomic E-state index is 10.1. The third-order valence-electron chi connectivity index (χ3n) is 4.02. The maximum Gasteiger partial charge on any atom is 0.161 e. The minimum absolute atomic E-state index is 0.00940. The highest BCUT2D eigenvalue weighted by Crippen LogP contribution is 2.39. The lowest BCUT2D eigenvalue weighted by Crippen LogP contribution is -2.06. The molecule has 0 saturated carbocycles. The Bertz CT molecular complexity index is 967. The zero-order valence-corrected chi connectivity index (χ0v) is 14.6. The number of aliphatic hydroxyl groups is 1. The first-order chi connectivity index (χ1) is 12.9. The number of aromatic nitrogens is 2. The smallest absolute Gasteiger partial charge is 0.161 e. The molecule has 1 heterocycles. The number of ether oxygens (including phenoxy) is 1. The summed E-state index contributed by atoms with van der Waals surface area (Å²) in [7, 11) is 0. The average molecular weight is 372 g/mol. The fourth-order valence-electron chi connectivity index (χ4n) is 2.76. The molecule has 8 nitrogen and oxygen atoms in total. The Labute approximate surface area is 155 Å². The van der Waals surface area contributed by atoms with Gasteiger partial charge in [-0.25, -0.2) is 0 Å². The van der Waals surface area contributed by atoms with Crippen LogP contribution in [0.25, 0.3) is 22.5 Å². The molecule has 5 N–H and O–H groups in total. The highest BCUT2D eigenvalue weighted by molar-refractivity contribution is 5.75. The van der Waals surface area contributed by atoms with Crippen LogP contribution in [0.4, 0.5) is 0 Å². The number of phenols is 4. The zero-order valence-electron chi connectivity index (χ0n) is 14.6. The second-order valence-corrected chi connectivity index (χ2v) is 5.84. The molecule has 1 aromatic heterocycles. The van der Waals surface area contributed by atoms with E-state index in [1.807, 2.05) is 0 Å². The van der Waals surface area contributed by atoms with E-state index in [2.05, 4.69) is 5.10 Å². The van der Waals surface area contributed by atoms with Crippen molar-refractivity contribution >= 4 is 0 Å². The lowest BCUT2D eigenvalue weighted by molar-refractivity contribution is 0.270. The summed E-state index contributed by atoms with van der Waals surface area (Å²) in [6.07, 6.45) is 0. The van der Waals surface area contributed by atoms with Crippen LogP contribution in [-0.4, -0.2) is 48.5 Å². The van der Waals surface area contributed by atoms with Crippen LogP contribution < -0.4 is 4.74 Å². The summed E-state index contributed by atoms with van der Waals surface area (Å²) in [6.45, 7) is 2.24. The molecule has 0 saturated heterocycles. The number of rotatable bonds is 6. The summed E-state index contributed by atoms with van der Waals surface area (Å²) in [5.74, 6) is -0.740. The Balaban J connectivity index is 2.12. The molecule has 3 aromatic rings. The Morgan fingerprint density at radius 2 is 1.67 bits per heavy atom. The van der Waals surface area contributed by atoms with Gasteiger partial charge in [-0.05, 0) is 37.3 Å². The summed E-state index contributed by atoms with van der Waals surface area (Å²) in [5.41, 5.74) is 1.88. The molecule has 0 aliphatic heterocycles. The fraction of sp³-hybridized carbons (Fsp3) is 0.211. The van der Waals surface area contributed by atoms with Crippen LogP contribution in [0.2, 0.25) is 0 Å². The lowest BCUT2D eigenvalue weighted by atomic mass is 10.1. The maximum atomic E-state index is 10.1. The summed E-state index contributed by atoms with van der Waals surface area (Å²) in [4.78, 5) is 0. The monoisotopic (exact) mass is 372 g/mol. The first kappa shape index (κ1) is 18.4. The van der Waals surface area contributed by atoms with Crippen LogP contribution in [-0.2, 0) is 6.54 Å². The summed E-state index contributed by atoms with van der Waals surface area (Å²) >= 11 is 0. The van der Waals surface area contributed by atoms with E-state index in [-0.39, 0.29) is 36.0 Å². The van der Waals surface area contributed by atoms with Gasteiger partial charge in [-0.1, -0.05) is 0 Å². The first-order valence-electron chi connectivity index (χ1n) is 8.34. The van der Waals surface area contributed by atoms with E-state index in [1.165, 1.54) is 12.1 Å². The van der Waals surface area contributed by atoms with Gasteiger partial charge in [-0.15, -0.1) is 0 Å². The third kappa shape index (κ3) is 3.61. The van der Waals surface area contributed by atoms with Crippen LogP contribution in [0.5, 0.6) is 28.7 Å². The molecule has 0 bridgehead atoms. The number of hydrogen-bond acceptors (Lipinski definition) is 7. The van der Waals surface area contributed by atoms with Gasteiger partial charge >= 0.3 is 0 Å². The van der Waals surface area contributed by atoms with Crippen molar-refractivity contribution in [2.45, 2.75) is 13.5 Å². The molecule has 0 fully saturated rings. The van der Waals surface area contributed by atoms with Crippen molar-refractivity contribution in [2.75, 3.05) is 13.2 Å². The Hall–Kier alpha value is -3.39. The van der Waals surface area contributed by atoms with Gasteiger partial charge in [0.1, 0.15) is 5.75 Å². The van der Waals surface area contributed by atoms with Crippen LogP contribution in [0.3, 0.4) is 0 Å². The summed E-state index contributed by atoms with van der Waals surface area (Å²) in [6, 6.07) is 8.75. The number of aliphatic hydroxyl groups excluding tert-OH is 1. The van der Waals surface area contributed by atoms with Crippen LogP contribution >= 0.6 is 0 Å². The molecular formula is C19H20N2O6. The van der Waals surface area contributed by atoms with Gasteiger partial charge in [0, 0.05) is 17.2 Å². The van der Waals surface area contributed by atoms with Gasteiger partial charge in [0.2, 0.25) is 0 Å². The van der Waals surface area contributed by atoms with Gasteiger partial charge in [-0.2, -0.15) is 5.10 Å². The summed E-state index contributed by atoms with van der Waals surface area (Å²) in [5, 5.41) is 52.9. The topological polar surface area (TPSA) is 128 Å². The number of benzene rings is 2. The van der Waals surface area contributed by atoms with E-state index in [0.717, 1.165) is 6.07 Å². The number of nitrogens with zero attached hydrogens (tertiary/aromatic N) is 2. The molecule has 27 heavy (non-hydrogen) atoms. The van der Waals surface area contributed by atoms with Crippen molar-refractivity contribution in [3.8, 4) is 51.3 Å². The summed E-state index contributed by atoms with van der Waals surface area (Å²) < 4.78 is 6.95. The van der Waals surface area contributed by atoms with E-state index in [0.29, 0.717) is 29.3 Å². The Kier molecular flexibility index (Phi) is 5.09. The molecule has 2 aromatic carbocycles. The van der Waals surface area contributed by atoms with Crippen LogP contribution in [0.1, 0.15) is 6.92 Å². The van der Waals surface area contributed by atoms with Crippen LogP contribution in [0.15, 0.2) is 36.4 Å². The standard InChI is InChI=1S/C19H20N2O6/c1-2-27-19-7-11(3-4-15(19)23)14-9-13(20-21(14)5-6-22)12-8-17(25)18(26)10-16(12)24/h3-4,7-10,22-26H,2,5-6H2,1H3. The molecule has 0 unspecified atom stereocenters. The predicted molar refractivity (Wildman–Crippen MR) is 98.0 cm³/mol. The fourth-order valence-corrected chi connectivity index (χ4v) is 2.76. The normalized spacial score (nSPS) is 10.9. The van der Waals surface area contributed by atoms with Crippen molar-refractivity contribution in [3.63, 3.8) is 0 Å². The SMILES string of the molecule is CCOc1cc(-c2cc(-c3cc(O)c(O)cc3O)nn2CCO)ccc1O. The molecule has 0 aliphatic carbocycles. The minimum atomic E-state index is -0.439. The second-order valence-electron chi connectivity index (χ2n) is 5.84. The second kappa shape index (κ2) is 7.46. The van der Waals surface area contributed by atoms with E-state index >= 15 is 0 Å². The van der Waals surface area contributed by atoms with E-state index in [4.69, 9.17) is 4.74 Å². The van der Waals surface area contributed by atoms with E-state index in [9.17, 15) is 25.5 Å². The average Bonchev–Trinajstić information content (AvgIpc) is 3.04. The quantitative estimate of drug-likeness (QED) is 0.332. The van der Waals surface area contributed by atoms with Crippen molar-refractivity contribution in [2.24, 2.45) is 0 Å². The molecule has 142 valence electrons. The van der Waals surface area contributed by atoms with E-state index in [1.54, 1.807) is 29.8 Å². The lowest BCUT2D eigenvalue weighted by Gasteiger charge is -2.09. The predicted octanol–water partition coefficient (Wildman–Crippen LogP) is 2.43.